The lowest BCUT2D eigenvalue weighted by molar-refractivity contribution is 0.163. The first-order valence-corrected chi connectivity index (χ1v) is 6.64. The zero-order chi connectivity index (χ0) is 10.5. The molecule has 0 amide bonds. The average molecular weight is 222 g/mol. The van der Waals surface area contributed by atoms with Gasteiger partial charge in [-0.2, -0.15) is 0 Å². The number of aliphatic hydroxyl groups excluding tert-OH is 1. The van der Waals surface area contributed by atoms with Crippen LogP contribution in [0.4, 0.5) is 0 Å². The molecule has 1 fully saturated rings. The van der Waals surface area contributed by atoms with Crippen molar-refractivity contribution in [2.45, 2.75) is 48.4 Å². The fraction of sp³-hybridized carbons (Fsp3) is 0.538. The monoisotopic (exact) mass is 222 g/mol. The van der Waals surface area contributed by atoms with E-state index in [4.69, 9.17) is 0 Å². The van der Waals surface area contributed by atoms with Gasteiger partial charge in [0.25, 0.3) is 0 Å². The number of hydrogen-bond acceptors (Lipinski definition) is 2. The van der Waals surface area contributed by atoms with Crippen LogP contribution in [0, 0.1) is 0 Å². The molecular weight excluding hydrogens is 204 g/mol. The molecule has 0 radical (unpaired) electrons. The van der Waals surface area contributed by atoms with Crippen LogP contribution >= 0.6 is 11.8 Å². The van der Waals surface area contributed by atoms with E-state index in [9.17, 15) is 5.11 Å². The Labute approximate surface area is 95.9 Å². The lowest BCUT2D eigenvalue weighted by atomic mass is 10.1. The summed E-state index contributed by atoms with van der Waals surface area (Å²) in [6.45, 7) is 0. The highest BCUT2D eigenvalue weighted by Crippen LogP contribution is 2.32. The molecule has 1 aromatic carbocycles. The van der Waals surface area contributed by atoms with Gasteiger partial charge in [-0.15, -0.1) is 11.8 Å². The van der Waals surface area contributed by atoms with Crippen LogP contribution in [0.15, 0.2) is 35.2 Å². The number of benzene rings is 1. The largest absolute Gasteiger partial charge is 0.392 e. The van der Waals surface area contributed by atoms with Crippen molar-refractivity contribution in [3.8, 4) is 0 Å². The summed E-state index contributed by atoms with van der Waals surface area (Å²) in [5, 5.41) is 10.4. The van der Waals surface area contributed by atoms with E-state index in [1.54, 1.807) is 0 Å². The van der Waals surface area contributed by atoms with Crippen LogP contribution in [-0.4, -0.2) is 16.5 Å². The van der Waals surface area contributed by atoms with Crippen molar-refractivity contribution in [1.29, 1.82) is 0 Å². The van der Waals surface area contributed by atoms with Crippen molar-refractivity contribution in [3.63, 3.8) is 0 Å². The van der Waals surface area contributed by atoms with E-state index in [1.165, 1.54) is 24.2 Å². The van der Waals surface area contributed by atoms with Gasteiger partial charge in [-0.25, -0.2) is 0 Å². The fourth-order valence-corrected chi connectivity index (χ4v) is 3.31. The highest BCUT2D eigenvalue weighted by atomic mass is 32.2. The van der Waals surface area contributed by atoms with Gasteiger partial charge in [0.05, 0.1) is 6.10 Å². The molecule has 0 heterocycles. The lowest BCUT2D eigenvalue weighted by Gasteiger charge is -2.19. The van der Waals surface area contributed by atoms with Crippen molar-refractivity contribution in [2.75, 3.05) is 0 Å². The van der Waals surface area contributed by atoms with Crippen molar-refractivity contribution < 1.29 is 5.11 Å². The third kappa shape index (κ3) is 3.25. The molecule has 2 heteroatoms. The first-order valence-electron chi connectivity index (χ1n) is 5.76. The Kier molecular flexibility index (Phi) is 4.09. The Bertz CT molecular complexity index is 286. The number of thioether (sulfide) groups is 1. The van der Waals surface area contributed by atoms with Crippen molar-refractivity contribution in [2.24, 2.45) is 0 Å². The van der Waals surface area contributed by atoms with Crippen molar-refractivity contribution >= 4 is 11.8 Å². The Morgan fingerprint density at radius 3 is 2.53 bits per heavy atom. The SMILES string of the molecule is OC1CCCCCC1Sc1ccccc1. The molecule has 1 N–H and O–H groups in total. The summed E-state index contributed by atoms with van der Waals surface area (Å²) < 4.78 is 0. The maximum atomic E-state index is 9.99. The fourth-order valence-electron chi connectivity index (χ4n) is 2.07. The zero-order valence-electron chi connectivity index (χ0n) is 8.93. The molecule has 1 aliphatic rings. The molecule has 0 spiro atoms. The van der Waals surface area contributed by atoms with Crippen LogP contribution in [0.3, 0.4) is 0 Å². The Morgan fingerprint density at radius 1 is 1.00 bits per heavy atom. The van der Waals surface area contributed by atoms with Crippen LogP contribution in [0.1, 0.15) is 32.1 Å². The van der Waals surface area contributed by atoms with Gasteiger partial charge in [0.1, 0.15) is 0 Å². The van der Waals surface area contributed by atoms with E-state index < -0.39 is 0 Å². The summed E-state index contributed by atoms with van der Waals surface area (Å²) in [4.78, 5) is 1.28. The molecule has 0 aliphatic heterocycles. The Balaban J connectivity index is 1.97. The summed E-state index contributed by atoms with van der Waals surface area (Å²) in [7, 11) is 0. The van der Waals surface area contributed by atoms with E-state index >= 15 is 0 Å². The van der Waals surface area contributed by atoms with Gasteiger partial charge in [0.15, 0.2) is 0 Å². The molecule has 2 unspecified atom stereocenters. The topological polar surface area (TPSA) is 20.2 Å². The van der Waals surface area contributed by atoms with Gasteiger partial charge in [0.2, 0.25) is 0 Å². The molecule has 82 valence electrons. The summed E-state index contributed by atoms with van der Waals surface area (Å²) in [6, 6.07) is 10.4. The summed E-state index contributed by atoms with van der Waals surface area (Å²) >= 11 is 1.84. The van der Waals surface area contributed by atoms with Crippen molar-refractivity contribution in [3.05, 3.63) is 30.3 Å². The standard InChI is InChI=1S/C13H18OS/c14-12-9-5-2-6-10-13(12)15-11-7-3-1-4-8-11/h1,3-4,7-8,12-14H,2,5-6,9-10H2. The first-order chi connectivity index (χ1) is 7.36. The molecule has 15 heavy (non-hydrogen) atoms. The van der Waals surface area contributed by atoms with Gasteiger partial charge < -0.3 is 5.11 Å². The minimum absolute atomic E-state index is 0.113. The van der Waals surface area contributed by atoms with Gasteiger partial charge in [0, 0.05) is 10.1 Å². The van der Waals surface area contributed by atoms with E-state index in [0.717, 1.165) is 12.8 Å². The summed E-state index contributed by atoms with van der Waals surface area (Å²) in [5.41, 5.74) is 0. The predicted molar refractivity (Wildman–Crippen MR) is 65.2 cm³/mol. The summed E-state index contributed by atoms with van der Waals surface area (Å²) in [6.07, 6.45) is 5.75. The molecule has 0 saturated heterocycles. The molecule has 0 bridgehead atoms. The molecule has 2 rings (SSSR count). The van der Waals surface area contributed by atoms with Gasteiger partial charge in [-0.05, 0) is 25.0 Å². The molecule has 1 saturated carbocycles. The molecule has 1 aromatic rings. The minimum Gasteiger partial charge on any atom is -0.392 e. The predicted octanol–water partition coefficient (Wildman–Crippen LogP) is 3.47. The quantitative estimate of drug-likeness (QED) is 0.773. The molecular formula is C13H18OS. The first kappa shape index (κ1) is 11.0. The zero-order valence-corrected chi connectivity index (χ0v) is 9.75. The highest BCUT2D eigenvalue weighted by molar-refractivity contribution is 8.00. The third-order valence-corrected chi connectivity index (χ3v) is 4.35. The second-order valence-electron chi connectivity index (χ2n) is 4.17. The molecule has 0 aromatic heterocycles. The minimum atomic E-state index is -0.113. The smallest absolute Gasteiger partial charge is 0.0662 e. The highest BCUT2D eigenvalue weighted by Gasteiger charge is 2.22. The van der Waals surface area contributed by atoms with Gasteiger partial charge in [-0.3, -0.25) is 0 Å². The number of hydrogen-bond donors (Lipinski definition) is 1. The normalized spacial score (nSPS) is 27.3. The average Bonchev–Trinajstić information content (AvgIpc) is 2.46. The van der Waals surface area contributed by atoms with Crippen LogP contribution in [0.25, 0.3) is 0 Å². The van der Waals surface area contributed by atoms with Crippen molar-refractivity contribution in [1.82, 2.24) is 0 Å². The number of aliphatic hydroxyl groups is 1. The maximum Gasteiger partial charge on any atom is 0.0662 e. The Morgan fingerprint density at radius 2 is 1.73 bits per heavy atom. The van der Waals surface area contributed by atoms with E-state index in [0.29, 0.717) is 5.25 Å². The second kappa shape index (κ2) is 5.57. The van der Waals surface area contributed by atoms with Crippen LogP contribution in [-0.2, 0) is 0 Å². The number of rotatable bonds is 2. The third-order valence-electron chi connectivity index (χ3n) is 2.95. The van der Waals surface area contributed by atoms with Gasteiger partial charge in [-0.1, -0.05) is 37.5 Å². The van der Waals surface area contributed by atoms with Crippen LogP contribution in [0.2, 0.25) is 0 Å². The van der Waals surface area contributed by atoms with E-state index in [2.05, 4.69) is 24.3 Å². The maximum absolute atomic E-state index is 9.99. The van der Waals surface area contributed by atoms with E-state index in [1.807, 2.05) is 17.8 Å². The lowest BCUT2D eigenvalue weighted by Crippen LogP contribution is -2.20. The molecule has 1 nitrogen and oxygen atoms in total. The molecule has 2 atom stereocenters. The second-order valence-corrected chi connectivity index (χ2v) is 5.49. The van der Waals surface area contributed by atoms with E-state index in [-0.39, 0.29) is 6.10 Å². The molecule has 1 aliphatic carbocycles. The van der Waals surface area contributed by atoms with Crippen LogP contribution < -0.4 is 0 Å². The summed E-state index contributed by atoms with van der Waals surface area (Å²) in [5.74, 6) is 0. The Hall–Kier alpha value is -0.470. The van der Waals surface area contributed by atoms with Gasteiger partial charge >= 0.3 is 0 Å². The van der Waals surface area contributed by atoms with Crippen LogP contribution in [0.5, 0.6) is 0 Å².